The van der Waals surface area contributed by atoms with Gasteiger partial charge in [0.2, 0.25) is 0 Å². The fourth-order valence-corrected chi connectivity index (χ4v) is 2.97. The van der Waals surface area contributed by atoms with Crippen LogP contribution in [0.15, 0.2) is 18.2 Å². The van der Waals surface area contributed by atoms with Crippen LogP contribution in [-0.2, 0) is 12.8 Å². The summed E-state index contributed by atoms with van der Waals surface area (Å²) in [6.45, 7) is 0. The first-order valence-corrected chi connectivity index (χ1v) is 6.59. The van der Waals surface area contributed by atoms with Crippen molar-refractivity contribution in [2.24, 2.45) is 0 Å². The molecule has 19 heavy (non-hydrogen) atoms. The van der Waals surface area contributed by atoms with E-state index in [0.717, 1.165) is 30.2 Å². The number of aryl methyl sites for hydroxylation is 1. The number of aromatic carboxylic acids is 1. The molecule has 1 aliphatic rings. The monoisotopic (exact) mass is 258 g/mol. The second kappa shape index (κ2) is 4.38. The first-order valence-electron chi connectivity index (χ1n) is 6.59. The van der Waals surface area contributed by atoms with E-state index in [2.05, 4.69) is 24.0 Å². The van der Waals surface area contributed by atoms with E-state index in [0.29, 0.717) is 11.6 Å². The highest BCUT2D eigenvalue weighted by molar-refractivity contribution is 5.95. The van der Waals surface area contributed by atoms with Gasteiger partial charge in [-0.3, -0.25) is 0 Å². The number of carboxylic acid groups (broad SMARTS) is 1. The lowest BCUT2D eigenvalue weighted by Gasteiger charge is -2.28. The average molecular weight is 258 g/mol. The smallest absolute Gasteiger partial charge is 0.335 e. The van der Waals surface area contributed by atoms with Crippen LogP contribution in [0.1, 0.15) is 28.0 Å². The highest BCUT2D eigenvalue weighted by Crippen LogP contribution is 2.31. The van der Waals surface area contributed by atoms with Crippen molar-refractivity contribution in [2.45, 2.75) is 25.3 Å². The summed E-state index contributed by atoms with van der Waals surface area (Å²) in [5.41, 5.74) is 3.98. The van der Waals surface area contributed by atoms with Crippen LogP contribution in [0.2, 0.25) is 0 Å². The van der Waals surface area contributed by atoms with Gasteiger partial charge in [0.1, 0.15) is 0 Å². The van der Waals surface area contributed by atoms with Gasteiger partial charge in [-0.05, 0) is 57.1 Å². The molecule has 1 atom stereocenters. The highest BCUT2D eigenvalue weighted by atomic mass is 16.4. The van der Waals surface area contributed by atoms with Crippen molar-refractivity contribution in [1.82, 2.24) is 9.88 Å². The molecule has 4 heteroatoms. The number of fused-ring (bicyclic) bond motifs is 3. The molecule has 0 bridgehead atoms. The second-order valence-electron chi connectivity index (χ2n) is 5.51. The maximum Gasteiger partial charge on any atom is 0.335 e. The molecule has 1 aliphatic carbocycles. The standard InChI is InChI=1S/C15H18N2O2/c1-17(2)10-4-6-14-12(8-10)11-7-9(15(18)19)3-5-13(11)16-14/h3,5,7,10,16H,4,6,8H2,1-2H3,(H,18,19)/t10-/m0/s1. The lowest BCUT2D eigenvalue weighted by Crippen LogP contribution is -2.33. The van der Waals surface area contributed by atoms with Crippen molar-refractivity contribution in [3.63, 3.8) is 0 Å². The zero-order valence-corrected chi connectivity index (χ0v) is 11.2. The molecular formula is C15H18N2O2. The summed E-state index contributed by atoms with van der Waals surface area (Å²) in [6.07, 6.45) is 3.18. The topological polar surface area (TPSA) is 56.3 Å². The van der Waals surface area contributed by atoms with E-state index in [4.69, 9.17) is 5.11 Å². The summed E-state index contributed by atoms with van der Waals surface area (Å²) in [5.74, 6) is -0.864. The minimum atomic E-state index is -0.864. The molecule has 0 saturated carbocycles. The van der Waals surface area contributed by atoms with Crippen LogP contribution in [0.3, 0.4) is 0 Å². The number of hydrogen-bond acceptors (Lipinski definition) is 2. The third-order valence-corrected chi connectivity index (χ3v) is 4.14. The second-order valence-corrected chi connectivity index (χ2v) is 5.51. The number of benzene rings is 1. The molecule has 0 radical (unpaired) electrons. The van der Waals surface area contributed by atoms with E-state index >= 15 is 0 Å². The van der Waals surface area contributed by atoms with Crippen LogP contribution in [0, 0.1) is 0 Å². The minimum absolute atomic E-state index is 0.362. The maximum atomic E-state index is 11.1. The number of rotatable bonds is 2. The van der Waals surface area contributed by atoms with E-state index < -0.39 is 5.97 Å². The number of nitrogens with one attached hydrogen (secondary N) is 1. The van der Waals surface area contributed by atoms with E-state index in [9.17, 15) is 4.79 Å². The summed E-state index contributed by atoms with van der Waals surface area (Å²) in [5, 5.41) is 10.2. The summed E-state index contributed by atoms with van der Waals surface area (Å²) in [4.78, 5) is 16.8. The number of aromatic nitrogens is 1. The Labute approximate surface area is 112 Å². The number of hydrogen-bond donors (Lipinski definition) is 2. The maximum absolute atomic E-state index is 11.1. The van der Waals surface area contributed by atoms with Crippen LogP contribution < -0.4 is 0 Å². The van der Waals surface area contributed by atoms with Crippen molar-refractivity contribution < 1.29 is 9.90 Å². The van der Waals surface area contributed by atoms with Gasteiger partial charge in [-0.2, -0.15) is 0 Å². The lowest BCUT2D eigenvalue weighted by molar-refractivity contribution is 0.0697. The molecule has 0 aliphatic heterocycles. The van der Waals surface area contributed by atoms with Gasteiger partial charge in [0.15, 0.2) is 0 Å². The van der Waals surface area contributed by atoms with Crippen LogP contribution in [0.5, 0.6) is 0 Å². The first kappa shape index (κ1) is 12.2. The number of likely N-dealkylation sites (N-methyl/N-ethyl adjacent to an activating group) is 1. The average Bonchev–Trinajstić information content (AvgIpc) is 2.75. The third-order valence-electron chi connectivity index (χ3n) is 4.14. The zero-order valence-electron chi connectivity index (χ0n) is 11.2. The minimum Gasteiger partial charge on any atom is -0.478 e. The van der Waals surface area contributed by atoms with Gasteiger partial charge >= 0.3 is 5.97 Å². The number of nitrogens with zero attached hydrogens (tertiary/aromatic N) is 1. The normalized spacial score (nSPS) is 18.8. The number of H-pyrrole nitrogens is 1. The van der Waals surface area contributed by atoms with Gasteiger partial charge in [0.25, 0.3) is 0 Å². The Hall–Kier alpha value is -1.81. The molecular weight excluding hydrogens is 240 g/mol. The van der Waals surface area contributed by atoms with E-state index in [1.54, 1.807) is 12.1 Å². The third kappa shape index (κ3) is 2.02. The molecule has 0 amide bonds. The molecule has 0 fully saturated rings. The van der Waals surface area contributed by atoms with Crippen LogP contribution in [0.4, 0.5) is 0 Å². The summed E-state index contributed by atoms with van der Waals surface area (Å²) in [6, 6.07) is 5.88. The van der Waals surface area contributed by atoms with Crippen LogP contribution in [-0.4, -0.2) is 41.1 Å². The number of aromatic amines is 1. The summed E-state index contributed by atoms with van der Waals surface area (Å²) in [7, 11) is 4.21. The molecule has 100 valence electrons. The Morgan fingerprint density at radius 1 is 1.42 bits per heavy atom. The molecule has 0 saturated heterocycles. The molecule has 2 aromatic rings. The Morgan fingerprint density at radius 2 is 2.21 bits per heavy atom. The van der Waals surface area contributed by atoms with Crippen LogP contribution in [0.25, 0.3) is 10.9 Å². The van der Waals surface area contributed by atoms with Gasteiger partial charge in [0.05, 0.1) is 5.56 Å². The van der Waals surface area contributed by atoms with E-state index in [1.807, 2.05) is 6.07 Å². The quantitative estimate of drug-likeness (QED) is 0.869. The Morgan fingerprint density at radius 3 is 2.89 bits per heavy atom. The SMILES string of the molecule is CN(C)[C@H]1CCc2[nH]c3ccc(C(=O)O)cc3c2C1. The van der Waals surface area contributed by atoms with Crippen molar-refractivity contribution in [3.05, 3.63) is 35.0 Å². The molecule has 3 rings (SSSR count). The van der Waals surface area contributed by atoms with Crippen LogP contribution >= 0.6 is 0 Å². The first-order chi connectivity index (χ1) is 9.06. The molecule has 4 nitrogen and oxygen atoms in total. The highest BCUT2D eigenvalue weighted by Gasteiger charge is 2.24. The van der Waals surface area contributed by atoms with Gasteiger partial charge in [-0.25, -0.2) is 4.79 Å². The fourth-order valence-electron chi connectivity index (χ4n) is 2.97. The van der Waals surface area contributed by atoms with E-state index in [-0.39, 0.29) is 0 Å². The Kier molecular flexibility index (Phi) is 2.82. The Balaban J connectivity index is 2.10. The predicted octanol–water partition coefficient (Wildman–Crippen LogP) is 2.29. The lowest BCUT2D eigenvalue weighted by atomic mass is 9.90. The Bertz CT molecular complexity index is 643. The summed E-state index contributed by atoms with van der Waals surface area (Å²) < 4.78 is 0. The van der Waals surface area contributed by atoms with Gasteiger partial charge in [-0.15, -0.1) is 0 Å². The zero-order chi connectivity index (χ0) is 13.6. The number of carbonyl (C=O) groups is 1. The summed E-state index contributed by atoms with van der Waals surface area (Å²) >= 11 is 0. The fraction of sp³-hybridized carbons (Fsp3) is 0.400. The van der Waals surface area contributed by atoms with Gasteiger partial charge in [-0.1, -0.05) is 0 Å². The molecule has 2 N–H and O–H groups in total. The molecule has 0 unspecified atom stereocenters. The van der Waals surface area contributed by atoms with Crippen molar-refractivity contribution >= 4 is 16.9 Å². The molecule has 1 heterocycles. The largest absolute Gasteiger partial charge is 0.478 e. The van der Waals surface area contributed by atoms with Crippen molar-refractivity contribution in [2.75, 3.05) is 14.1 Å². The van der Waals surface area contributed by atoms with Crippen molar-refractivity contribution in [3.8, 4) is 0 Å². The van der Waals surface area contributed by atoms with E-state index in [1.165, 1.54) is 11.3 Å². The molecule has 0 spiro atoms. The van der Waals surface area contributed by atoms with Gasteiger partial charge < -0.3 is 15.0 Å². The molecule has 1 aromatic carbocycles. The number of carboxylic acids is 1. The predicted molar refractivity (Wildman–Crippen MR) is 74.8 cm³/mol. The molecule has 1 aromatic heterocycles. The van der Waals surface area contributed by atoms with Crippen molar-refractivity contribution in [1.29, 1.82) is 0 Å². The van der Waals surface area contributed by atoms with Gasteiger partial charge in [0, 0.05) is 22.6 Å².